The van der Waals surface area contributed by atoms with E-state index in [0.29, 0.717) is 17.2 Å². The summed E-state index contributed by atoms with van der Waals surface area (Å²) in [7, 11) is 0. The average molecular weight is 422 g/mol. The minimum atomic E-state index is -0.412. The first kappa shape index (κ1) is 22.3. The van der Waals surface area contributed by atoms with Crippen LogP contribution < -0.4 is 4.90 Å². The summed E-state index contributed by atoms with van der Waals surface area (Å²) in [6, 6.07) is 11.9. The molecule has 0 N–H and O–H groups in total. The Kier molecular flexibility index (Phi) is 7.92. The number of anilines is 1. The molecular weight excluding hydrogens is 397 g/mol. The molecular formula is C21H25ClFN3OS. The predicted molar refractivity (Wildman–Crippen MR) is 117 cm³/mol. The number of nitrogens with zero attached hydrogens (tertiary/aromatic N) is 3. The maximum Gasteiger partial charge on any atom is 0.260 e. The van der Waals surface area contributed by atoms with E-state index in [4.69, 9.17) is 4.98 Å². The van der Waals surface area contributed by atoms with Crippen molar-refractivity contribution >= 4 is 45.0 Å². The van der Waals surface area contributed by atoms with Crippen LogP contribution in [-0.4, -0.2) is 42.0 Å². The highest BCUT2D eigenvalue weighted by molar-refractivity contribution is 7.22. The molecule has 7 heteroatoms. The molecule has 1 heterocycles. The zero-order valence-electron chi connectivity index (χ0n) is 16.3. The molecule has 3 aromatic rings. The van der Waals surface area contributed by atoms with Gasteiger partial charge in [-0.15, -0.1) is 12.4 Å². The van der Waals surface area contributed by atoms with Crippen LogP contribution in [0.3, 0.4) is 0 Å². The molecule has 0 radical (unpaired) electrons. The van der Waals surface area contributed by atoms with Crippen LogP contribution in [0.15, 0.2) is 42.5 Å². The first-order valence-electron chi connectivity index (χ1n) is 9.19. The molecule has 0 bridgehead atoms. The van der Waals surface area contributed by atoms with Crippen molar-refractivity contribution < 1.29 is 9.18 Å². The largest absolute Gasteiger partial charge is 0.302 e. The fourth-order valence-electron chi connectivity index (χ4n) is 3.03. The monoisotopic (exact) mass is 421 g/mol. The Labute approximate surface area is 175 Å². The smallest absolute Gasteiger partial charge is 0.260 e. The Balaban J connectivity index is 0.00000280. The molecule has 0 saturated carbocycles. The van der Waals surface area contributed by atoms with Crippen molar-refractivity contribution in [3.8, 4) is 0 Å². The first-order chi connectivity index (χ1) is 13.0. The van der Waals surface area contributed by atoms with Gasteiger partial charge in [-0.25, -0.2) is 9.37 Å². The van der Waals surface area contributed by atoms with Crippen LogP contribution in [0.1, 0.15) is 29.8 Å². The number of thiazole rings is 1. The number of hydrogen-bond donors (Lipinski definition) is 0. The zero-order valence-corrected chi connectivity index (χ0v) is 17.9. The molecule has 0 aliphatic rings. The quantitative estimate of drug-likeness (QED) is 0.529. The lowest BCUT2D eigenvalue weighted by molar-refractivity contribution is 0.0983. The van der Waals surface area contributed by atoms with E-state index in [1.807, 2.05) is 25.1 Å². The molecule has 0 aliphatic heterocycles. The minimum absolute atomic E-state index is 0. The molecule has 0 unspecified atom stereocenters. The molecule has 4 nitrogen and oxygen atoms in total. The van der Waals surface area contributed by atoms with E-state index in [1.165, 1.54) is 23.5 Å². The lowest BCUT2D eigenvalue weighted by Gasteiger charge is -2.24. The highest BCUT2D eigenvalue weighted by Crippen LogP contribution is 2.31. The number of aryl methyl sites for hydroxylation is 1. The van der Waals surface area contributed by atoms with Crippen LogP contribution in [-0.2, 0) is 0 Å². The van der Waals surface area contributed by atoms with Crippen molar-refractivity contribution in [2.75, 3.05) is 31.1 Å². The van der Waals surface area contributed by atoms with Crippen molar-refractivity contribution in [2.45, 2.75) is 20.8 Å². The molecule has 0 fully saturated rings. The topological polar surface area (TPSA) is 36.4 Å². The van der Waals surface area contributed by atoms with Crippen LogP contribution in [0.25, 0.3) is 10.2 Å². The van der Waals surface area contributed by atoms with Gasteiger partial charge in [0.2, 0.25) is 0 Å². The maximum atomic E-state index is 13.6. The average Bonchev–Trinajstić information content (AvgIpc) is 3.10. The second-order valence-electron chi connectivity index (χ2n) is 6.41. The van der Waals surface area contributed by atoms with E-state index in [0.717, 1.165) is 35.4 Å². The fourth-order valence-corrected chi connectivity index (χ4v) is 4.10. The number of benzene rings is 2. The number of amides is 1. The van der Waals surface area contributed by atoms with Crippen LogP contribution >= 0.6 is 23.7 Å². The van der Waals surface area contributed by atoms with Gasteiger partial charge in [-0.05, 0) is 49.8 Å². The molecule has 3 rings (SSSR count). The normalized spacial score (nSPS) is 10.9. The Hall–Kier alpha value is -2.02. The number of aromatic nitrogens is 1. The van der Waals surface area contributed by atoms with E-state index in [9.17, 15) is 9.18 Å². The van der Waals surface area contributed by atoms with Gasteiger partial charge in [0, 0.05) is 18.7 Å². The summed E-state index contributed by atoms with van der Waals surface area (Å²) in [5.74, 6) is -0.636. The number of para-hydroxylation sites is 1. The van der Waals surface area contributed by atoms with Crippen molar-refractivity contribution in [1.82, 2.24) is 9.88 Å². The summed E-state index contributed by atoms with van der Waals surface area (Å²) in [6.07, 6.45) is 0. The third-order valence-corrected chi connectivity index (χ3v) is 5.73. The molecule has 0 saturated heterocycles. The van der Waals surface area contributed by atoms with Gasteiger partial charge in [-0.2, -0.15) is 0 Å². The van der Waals surface area contributed by atoms with Gasteiger partial charge in [-0.1, -0.05) is 43.4 Å². The molecule has 0 aliphatic carbocycles. The van der Waals surface area contributed by atoms with E-state index < -0.39 is 5.82 Å². The molecule has 150 valence electrons. The number of carbonyl (C=O) groups is 1. The highest BCUT2D eigenvalue weighted by atomic mass is 35.5. The summed E-state index contributed by atoms with van der Waals surface area (Å²) in [5.41, 5.74) is 2.33. The van der Waals surface area contributed by atoms with Crippen molar-refractivity contribution in [2.24, 2.45) is 0 Å². The lowest BCUT2D eigenvalue weighted by Crippen LogP contribution is -2.38. The highest BCUT2D eigenvalue weighted by Gasteiger charge is 2.22. The van der Waals surface area contributed by atoms with Gasteiger partial charge in [-0.3, -0.25) is 9.69 Å². The molecule has 1 aromatic heterocycles. The summed E-state index contributed by atoms with van der Waals surface area (Å²) in [4.78, 5) is 21.8. The standard InChI is InChI=1S/C21H24FN3OS.ClH/c1-4-24(5-2)12-13-25(20(26)16-9-7-10-17(22)14-16)21-23-19-15(3)8-6-11-18(19)27-21;/h6-11,14H,4-5,12-13H2,1-3H3;1H. The van der Waals surface area contributed by atoms with Crippen molar-refractivity contribution in [1.29, 1.82) is 0 Å². The van der Waals surface area contributed by atoms with E-state index in [-0.39, 0.29) is 18.3 Å². The summed E-state index contributed by atoms with van der Waals surface area (Å²) < 4.78 is 14.7. The number of hydrogen-bond acceptors (Lipinski definition) is 4. The van der Waals surface area contributed by atoms with Crippen LogP contribution in [0.5, 0.6) is 0 Å². The van der Waals surface area contributed by atoms with Gasteiger partial charge in [0.15, 0.2) is 5.13 Å². The maximum absolute atomic E-state index is 13.6. The Morgan fingerprint density at radius 2 is 1.82 bits per heavy atom. The van der Waals surface area contributed by atoms with Gasteiger partial charge < -0.3 is 4.90 Å². The molecule has 2 aromatic carbocycles. The molecule has 0 spiro atoms. The van der Waals surface area contributed by atoms with Gasteiger partial charge in [0.05, 0.1) is 10.2 Å². The van der Waals surface area contributed by atoms with Crippen LogP contribution in [0, 0.1) is 12.7 Å². The summed E-state index contributed by atoms with van der Waals surface area (Å²) in [6.45, 7) is 9.29. The lowest BCUT2D eigenvalue weighted by atomic mass is 10.2. The van der Waals surface area contributed by atoms with Gasteiger partial charge >= 0.3 is 0 Å². The predicted octanol–water partition coefficient (Wildman–Crippen LogP) is 5.15. The number of likely N-dealkylation sites (N-methyl/N-ethyl adjacent to an activating group) is 1. The first-order valence-corrected chi connectivity index (χ1v) is 10.0. The Morgan fingerprint density at radius 1 is 1.11 bits per heavy atom. The number of halogens is 2. The van der Waals surface area contributed by atoms with Crippen molar-refractivity contribution in [3.05, 3.63) is 59.4 Å². The van der Waals surface area contributed by atoms with E-state index >= 15 is 0 Å². The number of rotatable bonds is 7. The summed E-state index contributed by atoms with van der Waals surface area (Å²) >= 11 is 1.50. The Bertz CT molecular complexity index is 942. The second kappa shape index (κ2) is 9.96. The second-order valence-corrected chi connectivity index (χ2v) is 7.42. The van der Waals surface area contributed by atoms with Crippen molar-refractivity contribution in [3.63, 3.8) is 0 Å². The van der Waals surface area contributed by atoms with E-state index in [2.05, 4.69) is 18.7 Å². The third-order valence-electron chi connectivity index (χ3n) is 4.69. The van der Waals surface area contributed by atoms with Gasteiger partial charge in [0.25, 0.3) is 5.91 Å². The van der Waals surface area contributed by atoms with E-state index in [1.54, 1.807) is 17.0 Å². The number of fused-ring (bicyclic) bond motifs is 1. The molecule has 0 atom stereocenters. The fraction of sp³-hybridized carbons (Fsp3) is 0.333. The molecule has 28 heavy (non-hydrogen) atoms. The van der Waals surface area contributed by atoms with Gasteiger partial charge in [0.1, 0.15) is 5.82 Å². The minimum Gasteiger partial charge on any atom is -0.302 e. The number of carbonyl (C=O) groups excluding carboxylic acids is 1. The summed E-state index contributed by atoms with van der Waals surface area (Å²) in [5, 5.41) is 0.653. The Morgan fingerprint density at radius 3 is 2.46 bits per heavy atom. The zero-order chi connectivity index (χ0) is 19.4. The SMILES string of the molecule is CCN(CC)CCN(C(=O)c1cccc(F)c1)c1nc2c(C)cccc2s1.Cl. The van der Waals surface area contributed by atoms with Crippen LogP contribution in [0.4, 0.5) is 9.52 Å². The van der Waals surface area contributed by atoms with Crippen LogP contribution in [0.2, 0.25) is 0 Å². The third kappa shape index (κ3) is 4.87. The molecule has 1 amide bonds.